The zero-order valence-electron chi connectivity index (χ0n) is 10.7. The molecule has 0 atom stereocenters. The Morgan fingerprint density at radius 1 is 1.30 bits per heavy atom. The van der Waals surface area contributed by atoms with Crippen LogP contribution in [0.5, 0.6) is 0 Å². The number of nitrogens with zero attached hydrogens (tertiary/aromatic N) is 1. The van der Waals surface area contributed by atoms with E-state index in [1.54, 1.807) is 6.07 Å². The van der Waals surface area contributed by atoms with Gasteiger partial charge in [0.1, 0.15) is 0 Å². The lowest BCUT2D eigenvalue weighted by Gasteiger charge is -2.09. The summed E-state index contributed by atoms with van der Waals surface area (Å²) < 4.78 is 13.2. The first kappa shape index (κ1) is 14.3. The van der Waals surface area contributed by atoms with Crippen molar-refractivity contribution < 1.29 is 9.31 Å². The number of nitrogens with one attached hydrogen (secondary N) is 1. The molecule has 0 saturated carbocycles. The second-order valence-corrected chi connectivity index (χ2v) is 4.78. The predicted octanol–water partition coefficient (Wildman–Crippen LogP) is 4.31. The number of hydrogen-bond acceptors (Lipinski definition) is 3. The van der Waals surface area contributed by atoms with Crippen molar-refractivity contribution in [3.05, 3.63) is 68.5 Å². The average molecular weight is 295 g/mol. The molecular weight excluding hydrogens is 283 g/mol. The van der Waals surface area contributed by atoms with Crippen LogP contribution in [0.4, 0.5) is 15.8 Å². The standard InChI is InChI=1S/C14H12ClFN2O2/c1-9-6-11(15)3-2-10(9)8-17-12-4-5-13(16)14(7-12)18(19)20/h2-7,17H,8H2,1H3. The van der Waals surface area contributed by atoms with E-state index in [9.17, 15) is 14.5 Å². The van der Waals surface area contributed by atoms with Gasteiger partial charge in [-0.15, -0.1) is 0 Å². The monoisotopic (exact) mass is 294 g/mol. The number of hydrogen-bond donors (Lipinski definition) is 1. The third-order valence-corrected chi connectivity index (χ3v) is 3.17. The second kappa shape index (κ2) is 5.88. The van der Waals surface area contributed by atoms with Crippen molar-refractivity contribution in [3.8, 4) is 0 Å². The van der Waals surface area contributed by atoms with E-state index < -0.39 is 16.4 Å². The molecule has 0 aliphatic carbocycles. The first-order valence-electron chi connectivity index (χ1n) is 5.90. The van der Waals surface area contributed by atoms with Crippen LogP contribution in [-0.4, -0.2) is 4.92 Å². The highest BCUT2D eigenvalue weighted by molar-refractivity contribution is 6.30. The maximum atomic E-state index is 13.2. The second-order valence-electron chi connectivity index (χ2n) is 4.35. The average Bonchev–Trinajstić information content (AvgIpc) is 2.39. The van der Waals surface area contributed by atoms with Crippen LogP contribution < -0.4 is 5.32 Å². The van der Waals surface area contributed by atoms with E-state index in [1.807, 2.05) is 19.1 Å². The van der Waals surface area contributed by atoms with Gasteiger partial charge in [-0.25, -0.2) is 0 Å². The Kier molecular flexibility index (Phi) is 4.20. The van der Waals surface area contributed by atoms with E-state index in [4.69, 9.17) is 11.6 Å². The smallest absolute Gasteiger partial charge is 0.306 e. The van der Waals surface area contributed by atoms with Crippen molar-refractivity contribution >= 4 is 23.0 Å². The SMILES string of the molecule is Cc1cc(Cl)ccc1CNc1ccc(F)c([N+](=O)[O-])c1. The minimum absolute atomic E-state index is 0.478. The van der Waals surface area contributed by atoms with E-state index in [0.717, 1.165) is 17.2 Å². The van der Waals surface area contributed by atoms with Gasteiger partial charge in [0, 0.05) is 23.3 Å². The number of nitro groups is 1. The van der Waals surface area contributed by atoms with Crippen LogP contribution in [0.3, 0.4) is 0 Å². The molecule has 0 saturated heterocycles. The van der Waals surface area contributed by atoms with Crippen molar-refractivity contribution in [2.45, 2.75) is 13.5 Å². The molecule has 20 heavy (non-hydrogen) atoms. The molecule has 0 unspecified atom stereocenters. The number of anilines is 1. The molecule has 1 N–H and O–H groups in total. The molecule has 2 aromatic carbocycles. The molecule has 0 fully saturated rings. The summed E-state index contributed by atoms with van der Waals surface area (Å²) in [6.07, 6.45) is 0. The van der Waals surface area contributed by atoms with Crippen LogP contribution in [0.2, 0.25) is 5.02 Å². The van der Waals surface area contributed by atoms with Crippen molar-refractivity contribution in [2.24, 2.45) is 0 Å². The lowest BCUT2D eigenvalue weighted by Crippen LogP contribution is -2.02. The number of nitro benzene ring substituents is 1. The highest BCUT2D eigenvalue weighted by Crippen LogP contribution is 2.23. The molecule has 0 aromatic heterocycles. The Balaban J connectivity index is 2.15. The van der Waals surface area contributed by atoms with Gasteiger partial charge in [-0.1, -0.05) is 17.7 Å². The van der Waals surface area contributed by atoms with Gasteiger partial charge < -0.3 is 5.32 Å². The Hall–Kier alpha value is -2.14. The van der Waals surface area contributed by atoms with E-state index in [2.05, 4.69) is 5.32 Å². The van der Waals surface area contributed by atoms with E-state index in [-0.39, 0.29) is 0 Å². The first-order chi connectivity index (χ1) is 9.47. The molecule has 0 aliphatic heterocycles. The van der Waals surface area contributed by atoms with Crippen molar-refractivity contribution in [1.82, 2.24) is 0 Å². The van der Waals surface area contributed by atoms with Gasteiger partial charge in [0.05, 0.1) is 4.92 Å². The van der Waals surface area contributed by atoms with Crippen LogP contribution in [0, 0.1) is 22.9 Å². The van der Waals surface area contributed by atoms with Crippen LogP contribution >= 0.6 is 11.6 Å². The minimum atomic E-state index is -0.844. The highest BCUT2D eigenvalue weighted by atomic mass is 35.5. The summed E-state index contributed by atoms with van der Waals surface area (Å²) in [4.78, 5) is 9.92. The van der Waals surface area contributed by atoms with E-state index >= 15 is 0 Å². The normalized spacial score (nSPS) is 10.3. The summed E-state index contributed by atoms with van der Waals surface area (Å²) in [5.74, 6) is -0.844. The fraction of sp³-hybridized carbons (Fsp3) is 0.143. The molecule has 0 bridgehead atoms. The molecule has 0 spiro atoms. The van der Waals surface area contributed by atoms with Gasteiger partial charge in [0.2, 0.25) is 5.82 Å². The van der Waals surface area contributed by atoms with Gasteiger partial charge >= 0.3 is 5.69 Å². The third-order valence-electron chi connectivity index (χ3n) is 2.93. The molecule has 0 radical (unpaired) electrons. The van der Waals surface area contributed by atoms with Crippen molar-refractivity contribution in [2.75, 3.05) is 5.32 Å². The molecule has 2 rings (SSSR count). The third kappa shape index (κ3) is 3.24. The minimum Gasteiger partial charge on any atom is -0.381 e. The summed E-state index contributed by atoms with van der Waals surface area (Å²) in [7, 11) is 0. The molecule has 0 aliphatic rings. The maximum Gasteiger partial charge on any atom is 0.306 e. The van der Waals surface area contributed by atoms with Crippen LogP contribution in [0.15, 0.2) is 36.4 Å². The maximum absolute atomic E-state index is 13.2. The molecular formula is C14H12ClFN2O2. The Bertz CT molecular complexity index is 662. The topological polar surface area (TPSA) is 55.2 Å². The Morgan fingerprint density at radius 3 is 2.70 bits per heavy atom. The van der Waals surface area contributed by atoms with Gasteiger partial charge in [-0.3, -0.25) is 10.1 Å². The largest absolute Gasteiger partial charge is 0.381 e. The number of rotatable bonds is 4. The summed E-state index contributed by atoms with van der Waals surface area (Å²) in [6, 6.07) is 9.22. The summed E-state index contributed by atoms with van der Waals surface area (Å²) in [5, 5.41) is 14.3. The molecule has 2 aromatic rings. The fourth-order valence-electron chi connectivity index (χ4n) is 1.82. The van der Waals surface area contributed by atoms with E-state index in [0.29, 0.717) is 17.3 Å². The summed E-state index contributed by atoms with van der Waals surface area (Å²) >= 11 is 5.87. The summed E-state index contributed by atoms with van der Waals surface area (Å²) in [6.45, 7) is 2.40. The number of aryl methyl sites for hydroxylation is 1. The van der Waals surface area contributed by atoms with Gasteiger partial charge in [0.25, 0.3) is 0 Å². The fourth-order valence-corrected chi connectivity index (χ4v) is 2.04. The number of benzene rings is 2. The molecule has 6 heteroatoms. The summed E-state index contributed by atoms with van der Waals surface area (Å²) in [5.41, 5.74) is 1.98. The Morgan fingerprint density at radius 2 is 2.05 bits per heavy atom. The first-order valence-corrected chi connectivity index (χ1v) is 6.28. The lowest BCUT2D eigenvalue weighted by molar-refractivity contribution is -0.387. The van der Waals surface area contributed by atoms with E-state index in [1.165, 1.54) is 12.1 Å². The van der Waals surface area contributed by atoms with Gasteiger partial charge in [-0.2, -0.15) is 4.39 Å². The molecule has 4 nitrogen and oxygen atoms in total. The van der Waals surface area contributed by atoms with Crippen LogP contribution in [0.25, 0.3) is 0 Å². The molecule has 0 amide bonds. The van der Waals surface area contributed by atoms with Crippen LogP contribution in [0.1, 0.15) is 11.1 Å². The predicted molar refractivity (Wildman–Crippen MR) is 76.6 cm³/mol. The number of halogens is 2. The zero-order chi connectivity index (χ0) is 14.7. The van der Waals surface area contributed by atoms with Gasteiger partial charge in [0.15, 0.2) is 0 Å². The highest BCUT2D eigenvalue weighted by Gasteiger charge is 2.14. The molecule has 0 heterocycles. The Labute approximate surface area is 120 Å². The molecule has 104 valence electrons. The van der Waals surface area contributed by atoms with Crippen LogP contribution in [-0.2, 0) is 6.54 Å². The van der Waals surface area contributed by atoms with Crippen molar-refractivity contribution in [3.63, 3.8) is 0 Å². The van der Waals surface area contributed by atoms with Crippen molar-refractivity contribution in [1.29, 1.82) is 0 Å². The lowest BCUT2D eigenvalue weighted by atomic mass is 10.1. The quantitative estimate of drug-likeness (QED) is 0.675. The van der Waals surface area contributed by atoms with Gasteiger partial charge in [-0.05, 0) is 42.3 Å². The zero-order valence-corrected chi connectivity index (χ0v) is 11.4.